The summed E-state index contributed by atoms with van der Waals surface area (Å²) in [5.74, 6) is -3.11. The molecule has 2 fully saturated rings. The van der Waals surface area contributed by atoms with Gasteiger partial charge in [-0.3, -0.25) is 4.79 Å². The van der Waals surface area contributed by atoms with E-state index in [2.05, 4.69) is 9.72 Å². The van der Waals surface area contributed by atoms with Crippen LogP contribution in [0, 0.1) is 18.8 Å². The van der Waals surface area contributed by atoms with Gasteiger partial charge in [0.1, 0.15) is 5.82 Å². The summed E-state index contributed by atoms with van der Waals surface area (Å²) in [5.41, 5.74) is 1.54. The van der Waals surface area contributed by atoms with E-state index in [1.165, 1.54) is 7.11 Å². The van der Waals surface area contributed by atoms with Gasteiger partial charge in [-0.2, -0.15) is 0 Å². The Kier molecular flexibility index (Phi) is 2.92. The number of halogens is 2. The molecule has 0 N–H and O–H groups in total. The number of anilines is 1. The zero-order chi connectivity index (χ0) is 14.5. The second-order valence-corrected chi connectivity index (χ2v) is 5.46. The van der Waals surface area contributed by atoms with Gasteiger partial charge in [0.05, 0.1) is 25.4 Å². The van der Waals surface area contributed by atoms with Crippen LogP contribution in [0.15, 0.2) is 12.1 Å². The Morgan fingerprint density at radius 2 is 2.10 bits per heavy atom. The third-order valence-corrected chi connectivity index (χ3v) is 4.27. The molecule has 108 valence electrons. The van der Waals surface area contributed by atoms with Gasteiger partial charge in [0, 0.05) is 18.8 Å². The lowest BCUT2D eigenvalue weighted by Crippen LogP contribution is -2.28. The minimum absolute atomic E-state index is 0.179. The number of hydrogen-bond donors (Lipinski definition) is 0. The first-order valence-corrected chi connectivity index (χ1v) is 6.59. The summed E-state index contributed by atoms with van der Waals surface area (Å²) in [6.07, 6.45) is 0.179. The molecule has 2 aliphatic rings. The molecule has 2 heterocycles. The first-order chi connectivity index (χ1) is 9.43. The third kappa shape index (κ3) is 2.03. The highest BCUT2D eigenvalue weighted by Crippen LogP contribution is 2.59. The van der Waals surface area contributed by atoms with Crippen LogP contribution >= 0.6 is 0 Å². The monoisotopic (exact) mass is 282 g/mol. The summed E-state index contributed by atoms with van der Waals surface area (Å²) in [7, 11) is 1.34. The second-order valence-electron chi connectivity index (χ2n) is 5.46. The molecule has 1 aromatic heterocycles. The van der Waals surface area contributed by atoms with Crippen LogP contribution in [0.5, 0.6) is 0 Å². The van der Waals surface area contributed by atoms with E-state index in [1.807, 2.05) is 17.9 Å². The SMILES string of the molecule is COC(=O)Cc1ccc(N2CC3C(C2)C3(F)F)nc1C. The molecular formula is C14H16F2N2O2. The standard InChI is InChI=1S/C14H16F2N2O2/c1-8-9(5-13(19)20-2)3-4-12(17-8)18-6-10-11(7-18)14(10,15)16/h3-4,10-11H,5-7H2,1-2H3. The summed E-state index contributed by atoms with van der Waals surface area (Å²) >= 11 is 0. The fourth-order valence-electron chi connectivity index (χ4n) is 2.86. The van der Waals surface area contributed by atoms with Crippen molar-refractivity contribution >= 4 is 11.8 Å². The van der Waals surface area contributed by atoms with Crippen LogP contribution < -0.4 is 4.90 Å². The van der Waals surface area contributed by atoms with E-state index in [4.69, 9.17) is 0 Å². The Bertz CT molecular complexity index is 548. The van der Waals surface area contributed by atoms with E-state index in [0.29, 0.717) is 18.9 Å². The third-order valence-electron chi connectivity index (χ3n) is 4.27. The average Bonchev–Trinajstić information content (AvgIpc) is 2.82. The van der Waals surface area contributed by atoms with Crippen molar-refractivity contribution in [2.24, 2.45) is 11.8 Å². The number of piperidine rings is 1. The molecule has 0 aromatic carbocycles. The van der Waals surface area contributed by atoms with E-state index in [1.54, 1.807) is 6.07 Å². The van der Waals surface area contributed by atoms with Gasteiger partial charge in [-0.15, -0.1) is 0 Å². The molecule has 1 aromatic rings. The maximum Gasteiger partial charge on any atom is 0.310 e. The Labute approximate surface area is 115 Å². The van der Waals surface area contributed by atoms with Gasteiger partial charge in [-0.05, 0) is 18.6 Å². The molecule has 4 nitrogen and oxygen atoms in total. The molecule has 2 atom stereocenters. The minimum atomic E-state index is -2.48. The average molecular weight is 282 g/mol. The van der Waals surface area contributed by atoms with Gasteiger partial charge >= 0.3 is 5.97 Å². The highest BCUT2D eigenvalue weighted by atomic mass is 19.3. The summed E-state index contributed by atoms with van der Waals surface area (Å²) in [6, 6.07) is 3.60. The lowest BCUT2D eigenvalue weighted by Gasteiger charge is -2.21. The molecular weight excluding hydrogens is 266 g/mol. The molecule has 0 spiro atoms. The largest absolute Gasteiger partial charge is 0.469 e. The summed E-state index contributed by atoms with van der Waals surface area (Å²) in [6.45, 7) is 2.54. The number of fused-ring (bicyclic) bond motifs is 1. The van der Waals surface area contributed by atoms with E-state index in [9.17, 15) is 13.6 Å². The predicted molar refractivity (Wildman–Crippen MR) is 68.8 cm³/mol. The minimum Gasteiger partial charge on any atom is -0.469 e. The van der Waals surface area contributed by atoms with Crippen molar-refractivity contribution in [3.05, 3.63) is 23.4 Å². The topological polar surface area (TPSA) is 42.4 Å². The van der Waals surface area contributed by atoms with Crippen LogP contribution in [-0.2, 0) is 16.0 Å². The number of methoxy groups -OCH3 is 1. The number of aryl methyl sites for hydroxylation is 1. The number of carbonyl (C=O) groups excluding carboxylic acids is 1. The summed E-state index contributed by atoms with van der Waals surface area (Å²) < 4.78 is 30.9. The molecule has 3 rings (SSSR count). The number of ether oxygens (including phenoxy) is 1. The first-order valence-electron chi connectivity index (χ1n) is 6.59. The quantitative estimate of drug-likeness (QED) is 0.793. The second kappa shape index (κ2) is 4.40. The molecule has 0 bridgehead atoms. The fraction of sp³-hybridized carbons (Fsp3) is 0.571. The van der Waals surface area contributed by atoms with Crippen molar-refractivity contribution < 1.29 is 18.3 Å². The molecule has 1 aliphatic carbocycles. The van der Waals surface area contributed by atoms with Gasteiger partial charge in [0.15, 0.2) is 0 Å². The van der Waals surface area contributed by atoms with Crippen LogP contribution in [0.1, 0.15) is 11.3 Å². The van der Waals surface area contributed by atoms with Gasteiger partial charge in [-0.1, -0.05) is 6.07 Å². The first kappa shape index (κ1) is 13.3. The van der Waals surface area contributed by atoms with Crippen molar-refractivity contribution in [2.75, 3.05) is 25.1 Å². The molecule has 1 saturated heterocycles. The zero-order valence-electron chi connectivity index (χ0n) is 11.4. The van der Waals surface area contributed by atoms with Gasteiger partial charge in [-0.25, -0.2) is 13.8 Å². The maximum atomic E-state index is 13.2. The van der Waals surface area contributed by atoms with E-state index in [-0.39, 0.29) is 12.4 Å². The molecule has 20 heavy (non-hydrogen) atoms. The highest BCUT2D eigenvalue weighted by molar-refractivity contribution is 5.72. The number of rotatable bonds is 3. The number of aromatic nitrogens is 1. The molecule has 0 radical (unpaired) electrons. The summed E-state index contributed by atoms with van der Waals surface area (Å²) in [5, 5.41) is 0. The van der Waals surface area contributed by atoms with Crippen molar-refractivity contribution in [2.45, 2.75) is 19.3 Å². The molecule has 6 heteroatoms. The van der Waals surface area contributed by atoms with Crippen molar-refractivity contribution in [3.8, 4) is 0 Å². The molecule has 1 aliphatic heterocycles. The summed E-state index contributed by atoms with van der Waals surface area (Å²) in [4.78, 5) is 17.6. The fourth-order valence-corrected chi connectivity index (χ4v) is 2.86. The zero-order valence-corrected chi connectivity index (χ0v) is 11.4. The normalized spacial score (nSPS) is 26.3. The Morgan fingerprint density at radius 3 is 2.65 bits per heavy atom. The van der Waals surface area contributed by atoms with Gasteiger partial charge in [0.2, 0.25) is 0 Å². The number of nitrogens with zero attached hydrogens (tertiary/aromatic N) is 2. The van der Waals surface area contributed by atoms with Gasteiger partial charge in [0.25, 0.3) is 5.92 Å². The molecule has 2 unspecified atom stereocenters. The number of alkyl halides is 2. The number of esters is 1. The van der Waals surface area contributed by atoms with E-state index < -0.39 is 17.8 Å². The smallest absolute Gasteiger partial charge is 0.310 e. The van der Waals surface area contributed by atoms with E-state index in [0.717, 1.165) is 11.3 Å². The Morgan fingerprint density at radius 1 is 1.45 bits per heavy atom. The maximum absolute atomic E-state index is 13.2. The number of pyridine rings is 1. The van der Waals surface area contributed by atoms with Crippen LogP contribution in [0.25, 0.3) is 0 Å². The lowest BCUT2D eigenvalue weighted by molar-refractivity contribution is -0.139. The van der Waals surface area contributed by atoms with Crippen molar-refractivity contribution in [3.63, 3.8) is 0 Å². The van der Waals surface area contributed by atoms with Gasteiger partial charge < -0.3 is 9.64 Å². The van der Waals surface area contributed by atoms with Crippen molar-refractivity contribution in [1.82, 2.24) is 4.98 Å². The Hall–Kier alpha value is -1.72. The Balaban J connectivity index is 1.71. The van der Waals surface area contributed by atoms with Crippen molar-refractivity contribution in [1.29, 1.82) is 0 Å². The molecule has 0 amide bonds. The van der Waals surface area contributed by atoms with Crippen LogP contribution in [0.4, 0.5) is 14.6 Å². The highest BCUT2D eigenvalue weighted by Gasteiger charge is 2.71. The lowest BCUT2D eigenvalue weighted by atomic mass is 10.1. The van der Waals surface area contributed by atoms with Crippen LogP contribution in [0.3, 0.4) is 0 Å². The van der Waals surface area contributed by atoms with E-state index >= 15 is 0 Å². The number of hydrogen-bond acceptors (Lipinski definition) is 4. The van der Waals surface area contributed by atoms with Crippen LogP contribution in [0.2, 0.25) is 0 Å². The molecule has 1 saturated carbocycles. The van der Waals surface area contributed by atoms with Crippen LogP contribution in [-0.4, -0.2) is 37.1 Å². The number of carbonyl (C=O) groups is 1. The predicted octanol–water partition coefficient (Wildman–Crippen LogP) is 1.81.